The van der Waals surface area contributed by atoms with Gasteiger partial charge in [-0.3, -0.25) is 9.59 Å². The van der Waals surface area contributed by atoms with Gasteiger partial charge >= 0.3 is 17.9 Å². The van der Waals surface area contributed by atoms with Gasteiger partial charge < -0.3 is 34.3 Å². The second-order valence-electron chi connectivity index (χ2n) is 5.10. The zero-order valence-corrected chi connectivity index (χ0v) is 14.0. The number of carbonyl (C=O) groups excluding carboxylic acids is 3. The molecule has 3 N–H and O–H groups in total. The predicted octanol–water partition coefficient (Wildman–Crippen LogP) is -1.24. The number of aliphatic hydroxyl groups is 3. The first-order valence-electron chi connectivity index (χ1n) is 7.75. The monoisotopic (exact) mass is 362 g/mol. The molecule has 10 heteroatoms. The molecule has 1 heterocycles. The van der Waals surface area contributed by atoms with Crippen LogP contribution in [0.5, 0.6) is 0 Å². The van der Waals surface area contributed by atoms with E-state index >= 15 is 0 Å². The van der Waals surface area contributed by atoms with E-state index < -0.39 is 61.8 Å². The molecule has 0 aromatic carbocycles. The molecule has 1 aliphatic heterocycles. The van der Waals surface area contributed by atoms with Crippen LogP contribution in [-0.2, 0) is 33.3 Å². The summed E-state index contributed by atoms with van der Waals surface area (Å²) in [6.07, 6.45) is -4.08. The molecule has 0 aromatic rings. The number of carbonyl (C=O) groups is 3. The third-order valence-electron chi connectivity index (χ3n) is 3.10. The fourth-order valence-corrected chi connectivity index (χ4v) is 1.73. The van der Waals surface area contributed by atoms with Crippen molar-refractivity contribution in [2.75, 3.05) is 19.8 Å². The van der Waals surface area contributed by atoms with Gasteiger partial charge in [0.05, 0.1) is 6.61 Å². The summed E-state index contributed by atoms with van der Waals surface area (Å²) >= 11 is 0. The lowest BCUT2D eigenvalue weighted by atomic mass is 10.2. The highest BCUT2D eigenvalue weighted by Crippen LogP contribution is 2.28. The third-order valence-corrected chi connectivity index (χ3v) is 3.10. The topological polar surface area (TPSA) is 149 Å². The molecule has 25 heavy (non-hydrogen) atoms. The Balaban J connectivity index is 2.94. The summed E-state index contributed by atoms with van der Waals surface area (Å²) in [5, 5.41) is 28.2. The summed E-state index contributed by atoms with van der Waals surface area (Å²) in [6.45, 7) is 1.54. The number of esters is 3. The van der Waals surface area contributed by atoms with Crippen molar-refractivity contribution in [3.8, 4) is 0 Å². The van der Waals surface area contributed by atoms with E-state index in [9.17, 15) is 24.6 Å². The van der Waals surface area contributed by atoms with Crippen molar-refractivity contribution >= 4 is 17.9 Å². The zero-order valence-electron chi connectivity index (χ0n) is 14.0. The number of ether oxygens (including phenoxy) is 4. The normalized spacial score (nSPS) is 19.2. The maximum absolute atomic E-state index is 11.9. The van der Waals surface area contributed by atoms with Crippen molar-refractivity contribution in [2.24, 2.45) is 0 Å². The predicted molar refractivity (Wildman–Crippen MR) is 79.6 cm³/mol. The Morgan fingerprint density at radius 3 is 2.36 bits per heavy atom. The van der Waals surface area contributed by atoms with Crippen molar-refractivity contribution in [3.05, 3.63) is 11.5 Å². The van der Waals surface area contributed by atoms with Crippen LogP contribution in [-0.4, -0.2) is 71.4 Å². The Kier molecular flexibility index (Phi) is 8.32. The average Bonchev–Trinajstić information content (AvgIpc) is 2.92. The molecular weight excluding hydrogens is 340 g/mol. The fourth-order valence-electron chi connectivity index (χ4n) is 1.73. The molecule has 0 bridgehead atoms. The standard InChI is InChI=1S/C15H22O10/c1-3-10(19)22-7-9(18)12-13(24-11(20)4-2)14(15(21)25-12)23-6-8(17)5-16/h8-9,12,16-18H,3-7H2,1-2H3. The molecule has 0 saturated carbocycles. The number of hydrogen-bond donors (Lipinski definition) is 3. The van der Waals surface area contributed by atoms with Crippen LogP contribution in [0.25, 0.3) is 0 Å². The largest absolute Gasteiger partial charge is 0.481 e. The molecule has 3 unspecified atom stereocenters. The summed E-state index contributed by atoms with van der Waals surface area (Å²) in [6, 6.07) is 0. The number of cyclic esters (lactones) is 1. The second-order valence-corrected chi connectivity index (χ2v) is 5.10. The molecule has 0 saturated heterocycles. The summed E-state index contributed by atoms with van der Waals surface area (Å²) in [7, 11) is 0. The van der Waals surface area contributed by atoms with Gasteiger partial charge in [-0.1, -0.05) is 13.8 Å². The average molecular weight is 362 g/mol. The molecule has 3 atom stereocenters. The Morgan fingerprint density at radius 1 is 1.16 bits per heavy atom. The van der Waals surface area contributed by atoms with E-state index in [2.05, 4.69) is 0 Å². The lowest BCUT2D eigenvalue weighted by Crippen LogP contribution is -2.34. The van der Waals surface area contributed by atoms with Crippen LogP contribution < -0.4 is 0 Å². The molecule has 0 spiro atoms. The van der Waals surface area contributed by atoms with Crippen molar-refractivity contribution < 1.29 is 48.7 Å². The van der Waals surface area contributed by atoms with E-state index in [1.54, 1.807) is 6.92 Å². The number of rotatable bonds is 10. The van der Waals surface area contributed by atoms with Crippen molar-refractivity contribution in [1.82, 2.24) is 0 Å². The van der Waals surface area contributed by atoms with E-state index in [-0.39, 0.29) is 18.6 Å². The van der Waals surface area contributed by atoms with Crippen LogP contribution in [0.3, 0.4) is 0 Å². The van der Waals surface area contributed by atoms with Gasteiger partial charge in [0.25, 0.3) is 0 Å². The second kappa shape index (κ2) is 9.97. The number of aliphatic hydroxyl groups excluding tert-OH is 3. The lowest BCUT2D eigenvalue weighted by molar-refractivity contribution is -0.157. The summed E-state index contributed by atoms with van der Waals surface area (Å²) in [5.74, 6) is -3.17. The van der Waals surface area contributed by atoms with Crippen LogP contribution in [0.15, 0.2) is 11.5 Å². The first-order valence-corrected chi connectivity index (χ1v) is 7.75. The Labute approximate surface area is 143 Å². The SMILES string of the molecule is CCC(=O)OCC(O)C1OC(=O)C(OCC(O)CO)=C1OC(=O)CC. The third kappa shape index (κ3) is 6.00. The smallest absolute Gasteiger partial charge is 0.378 e. The maximum Gasteiger partial charge on any atom is 0.378 e. The van der Waals surface area contributed by atoms with Gasteiger partial charge in [-0.2, -0.15) is 0 Å². The quantitative estimate of drug-likeness (QED) is 0.318. The molecule has 142 valence electrons. The van der Waals surface area contributed by atoms with Crippen molar-refractivity contribution in [1.29, 1.82) is 0 Å². The van der Waals surface area contributed by atoms with Gasteiger partial charge in [-0.15, -0.1) is 0 Å². The highest BCUT2D eigenvalue weighted by atomic mass is 16.6. The van der Waals surface area contributed by atoms with Gasteiger partial charge in [-0.25, -0.2) is 4.79 Å². The summed E-state index contributed by atoms with van der Waals surface area (Å²) in [5.41, 5.74) is 0. The number of hydrogen-bond acceptors (Lipinski definition) is 10. The highest BCUT2D eigenvalue weighted by Gasteiger charge is 2.43. The maximum atomic E-state index is 11.9. The van der Waals surface area contributed by atoms with E-state index in [1.807, 2.05) is 0 Å². The molecule has 0 amide bonds. The van der Waals surface area contributed by atoms with Crippen LogP contribution in [0.1, 0.15) is 26.7 Å². The van der Waals surface area contributed by atoms with Crippen LogP contribution >= 0.6 is 0 Å². The molecule has 10 nitrogen and oxygen atoms in total. The van der Waals surface area contributed by atoms with E-state index in [1.165, 1.54) is 6.92 Å². The Morgan fingerprint density at radius 2 is 1.80 bits per heavy atom. The van der Waals surface area contributed by atoms with Crippen molar-refractivity contribution in [2.45, 2.75) is 45.0 Å². The minimum atomic E-state index is -1.48. The summed E-state index contributed by atoms with van der Waals surface area (Å²) < 4.78 is 19.8. The fraction of sp³-hybridized carbons (Fsp3) is 0.667. The minimum absolute atomic E-state index is 0.0160. The summed E-state index contributed by atoms with van der Waals surface area (Å²) in [4.78, 5) is 34.6. The van der Waals surface area contributed by atoms with E-state index in [0.717, 1.165) is 0 Å². The molecule has 0 radical (unpaired) electrons. The van der Waals surface area contributed by atoms with Crippen molar-refractivity contribution in [3.63, 3.8) is 0 Å². The Bertz CT molecular complexity index is 526. The van der Waals surface area contributed by atoms with Gasteiger partial charge in [-0.05, 0) is 0 Å². The Hall–Kier alpha value is -2.17. The van der Waals surface area contributed by atoms with Crippen LogP contribution in [0, 0.1) is 0 Å². The van der Waals surface area contributed by atoms with E-state index in [4.69, 9.17) is 24.1 Å². The van der Waals surface area contributed by atoms with Gasteiger partial charge in [0.2, 0.25) is 11.5 Å². The zero-order chi connectivity index (χ0) is 19.0. The van der Waals surface area contributed by atoms with Crippen LogP contribution in [0.2, 0.25) is 0 Å². The molecule has 0 aliphatic carbocycles. The van der Waals surface area contributed by atoms with Gasteiger partial charge in [0.1, 0.15) is 25.4 Å². The van der Waals surface area contributed by atoms with Gasteiger partial charge in [0, 0.05) is 12.8 Å². The minimum Gasteiger partial charge on any atom is -0.481 e. The van der Waals surface area contributed by atoms with E-state index in [0.29, 0.717) is 0 Å². The highest BCUT2D eigenvalue weighted by molar-refractivity contribution is 5.90. The molecule has 0 fully saturated rings. The molecule has 0 aromatic heterocycles. The molecule has 1 aliphatic rings. The van der Waals surface area contributed by atoms with Gasteiger partial charge in [0.15, 0.2) is 6.10 Å². The first kappa shape index (κ1) is 20.9. The van der Waals surface area contributed by atoms with Crippen LogP contribution in [0.4, 0.5) is 0 Å². The molecular formula is C15H22O10. The lowest BCUT2D eigenvalue weighted by Gasteiger charge is -2.19. The first-order chi connectivity index (χ1) is 11.8. The molecule has 1 rings (SSSR count).